The number of para-hydroxylation sites is 1. The van der Waals surface area contributed by atoms with Crippen LogP contribution in [0.3, 0.4) is 0 Å². The predicted octanol–water partition coefficient (Wildman–Crippen LogP) is 5.62. The summed E-state index contributed by atoms with van der Waals surface area (Å²) < 4.78 is 68.2. The van der Waals surface area contributed by atoms with Gasteiger partial charge >= 0.3 is 0 Å². The lowest BCUT2D eigenvalue weighted by atomic mass is 10.1. The molecule has 0 radical (unpaired) electrons. The molecule has 0 saturated carbocycles. The van der Waals surface area contributed by atoms with Gasteiger partial charge in [0.05, 0.1) is 10.2 Å². The van der Waals surface area contributed by atoms with Crippen LogP contribution in [0, 0.1) is 6.92 Å². The second-order valence-electron chi connectivity index (χ2n) is 8.31. The number of aryl methyl sites for hydroxylation is 1. The second-order valence-corrected chi connectivity index (χ2v) is 12.1. The van der Waals surface area contributed by atoms with Gasteiger partial charge in [-0.15, -0.1) is 21.6 Å². The van der Waals surface area contributed by atoms with E-state index in [0.29, 0.717) is 32.0 Å². The van der Waals surface area contributed by atoms with E-state index in [0.717, 1.165) is 12.1 Å². The van der Waals surface area contributed by atoms with Crippen molar-refractivity contribution in [3.05, 3.63) is 66.2 Å². The molecule has 0 saturated heterocycles. The number of hydrogen-bond donors (Lipinski definition) is 4. The molecule has 0 aliphatic carbocycles. The first-order chi connectivity index (χ1) is 17.8. The third-order valence-electron chi connectivity index (χ3n) is 5.70. The molecule has 1 aromatic heterocycles. The average molecular weight is 571 g/mol. The lowest BCUT2D eigenvalue weighted by molar-refractivity contribution is 0.472. The first kappa shape index (κ1) is 25.7. The number of hydrogen-bond acceptors (Lipinski definition) is 10. The number of benzene rings is 4. The van der Waals surface area contributed by atoms with Crippen LogP contribution in [0.4, 0.5) is 17.1 Å². The Morgan fingerprint density at radius 3 is 2.26 bits per heavy atom. The Morgan fingerprint density at radius 1 is 0.868 bits per heavy atom. The van der Waals surface area contributed by atoms with Crippen molar-refractivity contribution in [2.45, 2.75) is 16.7 Å². The molecule has 0 atom stereocenters. The lowest BCUT2D eigenvalue weighted by Crippen LogP contribution is -2.00. The summed E-state index contributed by atoms with van der Waals surface area (Å²) in [7, 11) is -9.63. The van der Waals surface area contributed by atoms with Crippen molar-refractivity contribution in [3.8, 4) is 16.3 Å². The minimum absolute atomic E-state index is 0.189. The number of aromatic nitrogens is 1. The van der Waals surface area contributed by atoms with Gasteiger partial charge in [-0.1, -0.05) is 18.2 Å². The zero-order valence-corrected chi connectivity index (χ0v) is 21.8. The van der Waals surface area contributed by atoms with Gasteiger partial charge < -0.3 is 10.8 Å². The van der Waals surface area contributed by atoms with Crippen molar-refractivity contribution in [3.63, 3.8) is 0 Å². The molecule has 5 aromatic rings. The van der Waals surface area contributed by atoms with Gasteiger partial charge in [0.1, 0.15) is 26.2 Å². The largest absolute Gasteiger partial charge is 0.505 e. The number of azo groups is 1. The van der Waals surface area contributed by atoms with Crippen LogP contribution in [0.15, 0.2) is 80.7 Å². The van der Waals surface area contributed by atoms with Crippen molar-refractivity contribution in [1.29, 1.82) is 0 Å². The van der Waals surface area contributed by atoms with E-state index in [-0.39, 0.29) is 16.5 Å². The summed E-state index contributed by atoms with van der Waals surface area (Å²) in [4.78, 5) is 3.26. The molecule has 0 unspecified atom stereocenters. The summed E-state index contributed by atoms with van der Waals surface area (Å²) in [6.45, 7) is 1.60. The smallest absolute Gasteiger partial charge is 0.296 e. The number of fused-ring (bicyclic) bond motifs is 3. The average Bonchev–Trinajstić information content (AvgIpc) is 3.27. The molecule has 11 nitrogen and oxygen atoms in total. The van der Waals surface area contributed by atoms with E-state index >= 15 is 0 Å². The summed E-state index contributed by atoms with van der Waals surface area (Å²) in [6.07, 6.45) is 0. The molecule has 38 heavy (non-hydrogen) atoms. The van der Waals surface area contributed by atoms with Crippen LogP contribution in [0.25, 0.3) is 31.6 Å². The fourth-order valence-corrected chi connectivity index (χ4v) is 6.41. The molecular formula is C24H18N4O7S3. The Morgan fingerprint density at radius 2 is 1.58 bits per heavy atom. The number of rotatable bonds is 5. The van der Waals surface area contributed by atoms with Crippen molar-refractivity contribution >= 4 is 69.6 Å². The molecule has 0 aliphatic heterocycles. The quantitative estimate of drug-likeness (QED) is 0.118. The summed E-state index contributed by atoms with van der Waals surface area (Å²) in [5.41, 5.74) is 7.36. The van der Waals surface area contributed by atoms with Gasteiger partial charge in [0.2, 0.25) is 0 Å². The highest BCUT2D eigenvalue weighted by Crippen LogP contribution is 2.45. The van der Waals surface area contributed by atoms with Crippen LogP contribution < -0.4 is 5.73 Å². The zero-order chi connectivity index (χ0) is 27.4. The van der Waals surface area contributed by atoms with Gasteiger partial charge in [-0.25, -0.2) is 4.98 Å². The molecule has 14 heteroatoms. The summed E-state index contributed by atoms with van der Waals surface area (Å²) >= 11 is 1.22. The molecule has 1 heterocycles. The minimum Gasteiger partial charge on any atom is -0.505 e. The fraction of sp³-hybridized carbons (Fsp3) is 0.0417. The summed E-state index contributed by atoms with van der Waals surface area (Å²) in [5.74, 6) is -0.615. The van der Waals surface area contributed by atoms with Crippen LogP contribution >= 0.6 is 11.3 Å². The Kier molecular flexibility index (Phi) is 6.16. The number of nitrogens with zero attached hydrogens (tertiary/aromatic N) is 3. The number of aromatic hydroxyl groups is 1. The second kappa shape index (κ2) is 9.11. The van der Waals surface area contributed by atoms with Gasteiger partial charge in [0.15, 0.2) is 5.75 Å². The van der Waals surface area contributed by atoms with Gasteiger partial charge in [0, 0.05) is 22.0 Å². The normalized spacial score (nSPS) is 12.6. The Bertz CT molecular complexity index is 2020. The van der Waals surface area contributed by atoms with E-state index in [1.807, 2.05) is 0 Å². The number of thiazole rings is 1. The van der Waals surface area contributed by atoms with Gasteiger partial charge in [-0.05, 0) is 55.0 Å². The summed E-state index contributed by atoms with van der Waals surface area (Å²) in [5, 5.41) is 19.6. The van der Waals surface area contributed by atoms with Crippen molar-refractivity contribution in [1.82, 2.24) is 4.98 Å². The van der Waals surface area contributed by atoms with Crippen LogP contribution in [0.1, 0.15) is 5.56 Å². The van der Waals surface area contributed by atoms with E-state index in [1.165, 1.54) is 29.5 Å². The molecule has 0 aliphatic rings. The van der Waals surface area contributed by atoms with Gasteiger partial charge in [0.25, 0.3) is 20.2 Å². The maximum absolute atomic E-state index is 12.3. The van der Waals surface area contributed by atoms with Crippen LogP contribution in [-0.4, -0.2) is 36.0 Å². The van der Waals surface area contributed by atoms with Gasteiger partial charge in [-0.3, -0.25) is 9.11 Å². The summed E-state index contributed by atoms with van der Waals surface area (Å²) in [6, 6.07) is 15.3. The third kappa shape index (κ3) is 4.59. The zero-order valence-electron chi connectivity index (χ0n) is 19.4. The molecule has 0 bridgehead atoms. The topological polar surface area (TPSA) is 193 Å². The van der Waals surface area contributed by atoms with E-state index in [1.54, 1.807) is 37.3 Å². The number of phenolic OH excluding ortho intramolecular Hbond substituents is 1. The minimum atomic E-state index is -4.93. The Labute approximate surface area is 220 Å². The highest BCUT2D eigenvalue weighted by Gasteiger charge is 2.24. The first-order valence-corrected chi connectivity index (χ1v) is 14.5. The monoisotopic (exact) mass is 570 g/mol. The highest BCUT2D eigenvalue weighted by atomic mass is 32.2. The molecule has 0 spiro atoms. The number of nitrogen functional groups attached to an aromatic ring is 1. The van der Waals surface area contributed by atoms with Crippen LogP contribution in [-0.2, 0) is 20.2 Å². The molecule has 0 amide bonds. The standard InChI is InChI=1S/C24H18N4O7S3/c1-12-6-8-17(19(10-12)37(30,31)32)27-28-21-20(38(33,34)35)11-15-13(22(21)29)7-9-18-23(15)36-24(26-18)14-4-2-3-5-16(14)25/h2-11,29H,25H2,1H3,(H,30,31,32)(H,33,34,35). The Balaban J connectivity index is 1.75. The Hall–Kier alpha value is -3.95. The molecule has 0 fully saturated rings. The van der Waals surface area contributed by atoms with Crippen LogP contribution in [0.5, 0.6) is 5.75 Å². The SMILES string of the molecule is Cc1ccc(N=Nc2c(S(=O)(=O)O)cc3c(ccc4nc(-c5ccccc5N)sc43)c2O)c(S(=O)(=O)O)c1. The van der Waals surface area contributed by atoms with Crippen LogP contribution in [0.2, 0.25) is 0 Å². The molecule has 4 aromatic carbocycles. The number of phenols is 1. The number of nitrogens with two attached hydrogens (primary N) is 1. The number of anilines is 1. The predicted molar refractivity (Wildman–Crippen MR) is 144 cm³/mol. The van der Waals surface area contributed by atoms with E-state index in [2.05, 4.69) is 15.2 Å². The highest BCUT2D eigenvalue weighted by molar-refractivity contribution is 7.86. The van der Waals surface area contributed by atoms with E-state index in [9.17, 15) is 31.0 Å². The molecule has 194 valence electrons. The van der Waals surface area contributed by atoms with Crippen molar-refractivity contribution in [2.75, 3.05) is 5.73 Å². The van der Waals surface area contributed by atoms with E-state index in [4.69, 9.17) is 5.73 Å². The third-order valence-corrected chi connectivity index (χ3v) is 8.59. The van der Waals surface area contributed by atoms with E-state index < -0.39 is 41.5 Å². The molecule has 5 rings (SSSR count). The van der Waals surface area contributed by atoms with Gasteiger partial charge in [-0.2, -0.15) is 16.8 Å². The van der Waals surface area contributed by atoms with Crippen molar-refractivity contribution < 1.29 is 31.0 Å². The fourth-order valence-electron chi connectivity index (χ4n) is 3.92. The lowest BCUT2D eigenvalue weighted by Gasteiger charge is -2.09. The maximum atomic E-state index is 12.3. The first-order valence-electron chi connectivity index (χ1n) is 10.8. The van der Waals surface area contributed by atoms with Crippen molar-refractivity contribution in [2.24, 2.45) is 10.2 Å². The molecular weight excluding hydrogens is 552 g/mol. The molecule has 5 N–H and O–H groups in total. The maximum Gasteiger partial charge on any atom is 0.296 e.